The molecule has 2 unspecified atom stereocenters. The van der Waals surface area contributed by atoms with Crippen LogP contribution in [0.5, 0.6) is 11.5 Å². The summed E-state index contributed by atoms with van der Waals surface area (Å²) in [4.78, 5) is 74.1. The Hall–Kier alpha value is -5.26. The van der Waals surface area contributed by atoms with Crippen LogP contribution in [0.4, 0.5) is 0 Å². The maximum atomic E-state index is 12.8. The molecule has 6 N–H and O–H groups in total. The van der Waals surface area contributed by atoms with E-state index in [2.05, 4.69) is 0 Å². The van der Waals surface area contributed by atoms with Crippen LogP contribution in [-0.2, 0) is 41.6 Å². The minimum atomic E-state index is -1.33. The molecule has 2 aromatic rings. The molecule has 0 bridgehead atoms. The zero-order valence-corrected chi connectivity index (χ0v) is 27.5. The van der Waals surface area contributed by atoms with Crippen molar-refractivity contribution in [3.63, 3.8) is 0 Å². The van der Waals surface area contributed by atoms with Crippen molar-refractivity contribution in [2.24, 2.45) is 0 Å². The third-order valence-electron chi connectivity index (χ3n) is 7.37. The molecule has 0 saturated carbocycles. The molecular formula is C33H43N3O14. The second kappa shape index (κ2) is 21.0. The maximum Gasteiger partial charge on any atom is 0.341 e. The Balaban J connectivity index is 2.55. The molecule has 50 heavy (non-hydrogen) atoms. The minimum absolute atomic E-state index is 0.0844. The lowest BCUT2D eigenvalue weighted by Crippen LogP contribution is -2.55. The van der Waals surface area contributed by atoms with Crippen molar-refractivity contribution in [1.82, 2.24) is 14.7 Å². The van der Waals surface area contributed by atoms with Crippen LogP contribution < -0.4 is 9.47 Å². The van der Waals surface area contributed by atoms with Crippen LogP contribution in [0.2, 0.25) is 0 Å². The molecule has 2 rings (SSSR count). The van der Waals surface area contributed by atoms with E-state index in [9.17, 15) is 54.3 Å². The summed E-state index contributed by atoms with van der Waals surface area (Å²) in [6, 6.07) is 10.6. The van der Waals surface area contributed by atoms with E-state index in [0.29, 0.717) is 23.5 Å². The molecule has 0 aliphatic heterocycles. The van der Waals surface area contributed by atoms with E-state index in [1.54, 1.807) is 24.3 Å². The summed E-state index contributed by atoms with van der Waals surface area (Å²) in [5, 5.41) is 57.4. The molecule has 0 spiro atoms. The molecule has 0 radical (unpaired) electrons. The van der Waals surface area contributed by atoms with Gasteiger partial charge in [0.1, 0.15) is 17.5 Å². The van der Waals surface area contributed by atoms with Crippen LogP contribution in [0.1, 0.15) is 24.5 Å². The number of carboxylic acid groups (broad SMARTS) is 6. The number of ether oxygens (including phenoxy) is 2. The fourth-order valence-corrected chi connectivity index (χ4v) is 5.16. The highest BCUT2D eigenvalue weighted by Gasteiger charge is 2.32. The summed E-state index contributed by atoms with van der Waals surface area (Å²) in [6.07, 6.45) is 0.726. The Kier molecular flexibility index (Phi) is 17.2. The first-order chi connectivity index (χ1) is 23.7. The molecule has 17 heteroatoms. The van der Waals surface area contributed by atoms with Gasteiger partial charge in [-0.3, -0.25) is 38.7 Å². The lowest BCUT2D eigenvalue weighted by molar-refractivity contribution is -0.147. The molecule has 0 aliphatic rings. The Morgan fingerprint density at radius 1 is 0.600 bits per heavy atom. The smallest absolute Gasteiger partial charge is 0.341 e. The van der Waals surface area contributed by atoms with Crippen LogP contribution in [0.25, 0.3) is 0 Å². The van der Waals surface area contributed by atoms with Crippen LogP contribution in [0.3, 0.4) is 0 Å². The van der Waals surface area contributed by atoms with Gasteiger partial charge in [-0.2, -0.15) is 0 Å². The van der Waals surface area contributed by atoms with E-state index in [-0.39, 0.29) is 38.2 Å². The Bertz CT molecular complexity index is 1400. The second-order valence-electron chi connectivity index (χ2n) is 11.4. The van der Waals surface area contributed by atoms with Gasteiger partial charge in [-0.1, -0.05) is 31.2 Å². The van der Waals surface area contributed by atoms with Crippen molar-refractivity contribution in [3.05, 3.63) is 59.7 Å². The average molecular weight is 706 g/mol. The highest BCUT2D eigenvalue weighted by molar-refractivity contribution is 5.75. The predicted molar refractivity (Wildman–Crippen MR) is 175 cm³/mol. The third-order valence-corrected chi connectivity index (χ3v) is 7.37. The first kappa shape index (κ1) is 40.9. The number of hydrogen-bond donors (Lipinski definition) is 6. The number of carbonyl (C=O) groups is 6. The van der Waals surface area contributed by atoms with E-state index in [1.165, 1.54) is 34.1 Å². The lowest BCUT2D eigenvalue weighted by atomic mass is 10.00. The van der Waals surface area contributed by atoms with Crippen molar-refractivity contribution < 1.29 is 68.9 Å². The van der Waals surface area contributed by atoms with E-state index in [4.69, 9.17) is 14.6 Å². The van der Waals surface area contributed by atoms with Gasteiger partial charge in [0.2, 0.25) is 0 Å². The standard InChI is InChI=1S/C33H43N3O14/c1-2-13-49-25-7-3-22(4-8-25)14-24(36(19-30(41)42)20-31(43)44)16-35(12-11-34(17-28(37)38)18-29(39)40)27(33(47)48)15-23-5-9-26(10-6-23)50-21-32(45)46/h3-10,24,27H,2,11-21H2,1H3,(H,37,38)(H,39,40)(H,41,42)(H,43,44)(H,45,46)(H,47,48). The molecule has 17 nitrogen and oxygen atoms in total. The quantitative estimate of drug-likeness (QED) is 0.0791. The summed E-state index contributed by atoms with van der Waals surface area (Å²) in [6.45, 7) is -1.47. The number of rotatable bonds is 26. The number of carboxylic acids is 6. The van der Waals surface area contributed by atoms with E-state index in [1.807, 2.05) is 6.92 Å². The number of nitrogens with zero attached hydrogens (tertiary/aromatic N) is 3. The zero-order valence-electron chi connectivity index (χ0n) is 27.5. The largest absolute Gasteiger partial charge is 0.494 e. The lowest BCUT2D eigenvalue weighted by Gasteiger charge is -2.37. The summed E-state index contributed by atoms with van der Waals surface area (Å²) >= 11 is 0. The molecule has 0 aromatic heterocycles. The van der Waals surface area contributed by atoms with Gasteiger partial charge in [-0.05, 0) is 54.7 Å². The Labute approximate surface area is 287 Å². The van der Waals surface area contributed by atoms with Crippen molar-refractivity contribution in [3.8, 4) is 11.5 Å². The van der Waals surface area contributed by atoms with Gasteiger partial charge in [0, 0.05) is 25.7 Å². The van der Waals surface area contributed by atoms with Crippen molar-refractivity contribution in [2.45, 2.75) is 38.3 Å². The van der Waals surface area contributed by atoms with E-state index < -0.39 is 80.7 Å². The molecule has 2 atom stereocenters. The van der Waals surface area contributed by atoms with Crippen molar-refractivity contribution >= 4 is 35.8 Å². The van der Waals surface area contributed by atoms with Crippen LogP contribution in [0, 0.1) is 0 Å². The topological polar surface area (TPSA) is 252 Å². The maximum absolute atomic E-state index is 12.8. The fourth-order valence-electron chi connectivity index (χ4n) is 5.16. The summed E-state index contributed by atoms with van der Waals surface area (Å²) < 4.78 is 10.8. The van der Waals surface area contributed by atoms with Gasteiger partial charge in [0.15, 0.2) is 6.61 Å². The van der Waals surface area contributed by atoms with E-state index in [0.717, 1.165) is 11.3 Å². The number of aliphatic carboxylic acids is 6. The first-order valence-corrected chi connectivity index (χ1v) is 15.6. The zero-order chi connectivity index (χ0) is 37.2. The monoisotopic (exact) mass is 705 g/mol. The SMILES string of the molecule is CCCOc1ccc(CC(CN(CCN(CC(=O)O)CC(=O)O)C(Cc2ccc(OCC(=O)O)cc2)C(=O)O)N(CC(=O)O)CC(=O)O)cc1. The van der Waals surface area contributed by atoms with E-state index >= 15 is 0 Å². The number of benzene rings is 2. The molecule has 274 valence electrons. The van der Waals surface area contributed by atoms with Crippen molar-refractivity contribution in [1.29, 1.82) is 0 Å². The normalized spacial score (nSPS) is 12.4. The van der Waals surface area contributed by atoms with Crippen LogP contribution in [0.15, 0.2) is 48.5 Å². The molecule has 2 aromatic carbocycles. The average Bonchev–Trinajstić information content (AvgIpc) is 3.02. The van der Waals surface area contributed by atoms with Gasteiger partial charge >= 0.3 is 35.8 Å². The van der Waals surface area contributed by atoms with Crippen LogP contribution in [-0.4, -0.2) is 152 Å². The predicted octanol–water partition coefficient (Wildman–Crippen LogP) is 0.790. The minimum Gasteiger partial charge on any atom is -0.494 e. The molecule has 0 heterocycles. The summed E-state index contributed by atoms with van der Waals surface area (Å²) in [5.41, 5.74) is 1.16. The molecule has 0 fully saturated rings. The number of hydrogen-bond acceptors (Lipinski definition) is 11. The van der Waals surface area contributed by atoms with Gasteiger partial charge in [0.05, 0.1) is 32.8 Å². The summed E-state index contributed by atoms with van der Waals surface area (Å²) in [5.74, 6) is -6.94. The highest BCUT2D eigenvalue weighted by Crippen LogP contribution is 2.20. The third kappa shape index (κ3) is 15.8. The Morgan fingerprint density at radius 2 is 1.08 bits per heavy atom. The molecule has 0 amide bonds. The van der Waals surface area contributed by atoms with Gasteiger partial charge in [-0.25, -0.2) is 4.79 Å². The summed E-state index contributed by atoms with van der Waals surface area (Å²) in [7, 11) is 0. The molecular weight excluding hydrogens is 662 g/mol. The van der Waals surface area contributed by atoms with Crippen LogP contribution >= 0.6 is 0 Å². The van der Waals surface area contributed by atoms with Gasteiger partial charge in [-0.15, -0.1) is 0 Å². The highest BCUT2D eigenvalue weighted by atomic mass is 16.5. The molecule has 0 saturated heterocycles. The Morgan fingerprint density at radius 3 is 1.52 bits per heavy atom. The van der Waals surface area contributed by atoms with Gasteiger partial charge in [0.25, 0.3) is 0 Å². The van der Waals surface area contributed by atoms with Gasteiger partial charge < -0.3 is 40.1 Å². The molecule has 0 aliphatic carbocycles. The van der Waals surface area contributed by atoms with Crippen molar-refractivity contribution in [2.75, 3.05) is 59.0 Å². The second-order valence-corrected chi connectivity index (χ2v) is 11.4. The fraction of sp³-hybridized carbons (Fsp3) is 0.455. The first-order valence-electron chi connectivity index (χ1n) is 15.6.